The third kappa shape index (κ3) is 1.73. The van der Waals surface area contributed by atoms with Crippen molar-refractivity contribution in [1.82, 2.24) is 0 Å². The SMILES string of the molecule is C=C(C)c1ccc(C)c2c1C(C)CCC2. The van der Waals surface area contributed by atoms with E-state index in [9.17, 15) is 0 Å². The van der Waals surface area contributed by atoms with Crippen LogP contribution in [0.5, 0.6) is 0 Å². The van der Waals surface area contributed by atoms with Crippen LogP contribution in [-0.4, -0.2) is 0 Å². The van der Waals surface area contributed by atoms with Crippen molar-refractivity contribution in [3.05, 3.63) is 41.0 Å². The predicted molar refractivity (Wildman–Crippen MR) is 67.2 cm³/mol. The molecule has 0 aliphatic heterocycles. The fraction of sp³-hybridized carbons (Fsp3) is 0.467. The molecule has 1 aliphatic carbocycles. The van der Waals surface area contributed by atoms with Crippen LogP contribution in [0, 0.1) is 6.92 Å². The van der Waals surface area contributed by atoms with Crippen LogP contribution in [0.1, 0.15) is 54.9 Å². The van der Waals surface area contributed by atoms with E-state index in [1.165, 1.54) is 36.0 Å². The molecule has 1 aromatic carbocycles. The molecule has 0 heterocycles. The summed E-state index contributed by atoms with van der Waals surface area (Å²) in [5.74, 6) is 0.709. The van der Waals surface area contributed by atoms with Gasteiger partial charge in [-0.2, -0.15) is 0 Å². The first-order valence-electron chi connectivity index (χ1n) is 5.89. The van der Waals surface area contributed by atoms with Gasteiger partial charge in [-0.25, -0.2) is 0 Å². The lowest BCUT2D eigenvalue weighted by molar-refractivity contribution is 0.587. The average molecular weight is 200 g/mol. The van der Waals surface area contributed by atoms with Gasteiger partial charge in [-0.15, -0.1) is 0 Å². The zero-order chi connectivity index (χ0) is 11.0. The quantitative estimate of drug-likeness (QED) is 0.627. The molecule has 0 spiro atoms. The van der Waals surface area contributed by atoms with Crippen molar-refractivity contribution in [3.8, 4) is 0 Å². The van der Waals surface area contributed by atoms with E-state index in [1.54, 1.807) is 11.1 Å². The summed E-state index contributed by atoms with van der Waals surface area (Å²) in [7, 11) is 0. The van der Waals surface area contributed by atoms with Crippen molar-refractivity contribution < 1.29 is 0 Å². The highest BCUT2D eigenvalue weighted by atomic mass is 14.3. The molecule has 0 radical (unpaired) electrons. The lowest BCUT2D eigenvalue weighted by Gasteiger charge is -2.27. The highest BCUT2D eigenvalue weighted by Gasteiger charge is 2.21. The minimum atomic E-state index is 0.709. The summed E-state index contributed by atoms with van der Waals surface area (Å²) in [6.45, 7) is 10.8. The third-order valence-corrected chi connectivity index (χ3v) is 3.61. The Morgan fingerprint density at radius 2 is 2.13 bits per heavy atom. The number of rotatable bonds is 1. The van der Waals surface area contributed by atoms with E-state index in [-0.39, 0.29) is 0 Å². The zero-order valence-electron chi connectivity index (χ0n) is 10.1. The van der Waals surface area contributed by atoms with Crippen LogP contribution in [0.3, 0.4) is 0 Å². The molecule has 80 valence electrons. The van der Waals surface area contributed by atoms with Gasteiger partial charge in [0.15, 0.2) is 0 Å². The maximum Gasteiger partial charge on any atom is -0.0181 e. The Labute approximate surface area is 93.0 Å². The summed E-state index contributed by atoms with van der Waals surface area (Å²) in [5.41, 5.74) is 7.23. The molecule has 0 nitrogen and oxygen atoms in total. The molecular weight excluding hydrogens is 180 g/mol. The maximum atomic E-state index is 4.10. The normalized spacial score (nSPS) is 19.8. The number of hydrogen-bond donors (Lipinski definition) is 0. The van der Waals surface area contributed by atoms with Gasteiger partial charge in [-0.1, -0.05) is 31.2 Å². The van der Waals surface area contributed by atoms with Crippen LogP contribution < -0.4 is 0 Å². The van der Waals surface area contributed by atoms with Gasteiger partial charge < -0.3 is 0 Å². The minimum Gasteiger partial charge on any atom is -0.0955 e. The van der Waals surface area contributed by atoms with Crippen molar-refractivity contribution in [2.75, 3.05) is 0 Å². The Morgan fingerprint density at radius 1 is 1.40 bits per heavy atom. The summed E-state index contributed by atoms with van der Waals surface area (Å²) >= 11 is 0. The van der Waals surface area contributed by atoms with Crippen molar-refractivity contribution in [2.45, 2.75) is 46.0 Å². The summed E-state index contributed by atoms with van der Waals surface area (Å²) in [6, 6.07) is 4.50. The first-order valence-corrected chi connectivity index (χ1v) is 5.89. The Balaban J connectivity index is 2.65. The van der Waals surface area contributed by atoms with E-state index in [4.69, 9.17) is 0 Å². The summed E-state index contributed by atoms with van der Waals surface area (Å²) < 4.78 is 0. The molecule has 1 aliphatic rings. The topological polar surface area (TPSA) is 0 Å². The lowest BCUT2D eigenvalue weighted by atomic mass is 9.78. The van der Waals surface area contributed by atoms with E-state index in [2.05, 4.69) is 39.5 Å². The van der Waals surface area contributed by atoms with Crippen LogP contribution >= 0.6 is 0 Å². The Hall–Kier alpha value is -1.04. The van der Waals surface area contributed by atoms with Crippen LogP contribution in [-0.2, 0) is 6.42 Å². The van der Waals surface area contributed by atoms with E-state index in [0.717, 1.165) is 0 Å². The fourth-order valence-electron chi connectivity index (χ4n) is 2.77. The van der Waals surface area contributed by atoms with Crippen molar-refractivity contribution in [1.29, 1.82) is 0 Å². The molecule has 2 rings (SSSR count). The second kappa shape index (κ2) is 3.84. The largest absolute Gasteiger partial charge is 0.0955 e. The van der Waals surface area contributed by atoms with Gasteiger partial charge in [0.05, 0.1) is 0 Å². The summed E-state index contributed by atoms with van der Waals surface area (Å²) in [4.78, 5) is 0. The Kier molecular flexibility index (Phi) is 2.68. The molecule has 0 fully saturated rings. The number of allylic oxidation sites excluding steroid dienone is 1. The second-order valence-electron chi connectivity index (χ2n) is 4.90. The average Bonchev–Trinajstić information content (AvgIpc) is 2.19. The fourth-order valence-corrected chi connectivity index (χ4v) is 2.77. The van der Waals surface area contributed by atoms with E-state index in [0.29, 0.717) is 5.92 Å². The van der Waals surface area contributed by atoms with Crippen molar-refractivity contribution >= 4 is 5.57 Å². The number of benzene rings is 1. The molecular formula is C15H20. The van der Waals surface area contributed by atoms with E-state index >= 15 is 0 Å². The lowest BCUT2D eigenvalue weighted by Crippen LogP contribution is -2.11. The van der Waals surface area contributed by atoms with Gasteiger partial charge in [0.25, 0.3) is 0 Å². The molecule has 0 amide bonds. The minimum absolute atomic E-state index is 0.709. The van der Waals surface area contributed by atoms with Crippen LogP contribution in [0.2, 0.25) is 0 Å². The molecule has 0 aromatic heterocycles. The third-order valence-electron chi connectivity index (χ3n) is 3.61. The molecule has 1 unspecified atom stereocenters. The standard InChI is InChI=1S/C15H20/c1-10(2)13-9-8-11(3)14-7-5-6-12(4)15(13)14/h8-9,12H,1,5-7H2,2-4H3. The van der Waals surface area contributed by atoms with Gasteiger partial charge in [-0.3, -0.25) is 0 Å². The molecule has 0 saturated heterocycles. The van der Waals surface area contributed by atoms with Crippen LogP contribution in [0.25, 0.3) is 5.57 Å². The molecule has 0 heteroatoms. The van der Waals surface area contributed by atoms with Crippen molar-refractivity contribution in [3.63, 3.8) is 0 Å². The monoisotopic (exact) mass is 200 g/mol. The zero-order valence-corrected chi connectivity index (χ0v) is 10.1. The van der Waals surface area contributed by atoms with Crippen molar-refractivity contribution in [2.24, 2.45) is 0 Å². The molecule has 0 N–H and O–H groups in total. The van der Waals surface area contributed by atoms with Crippen LogP contribution in [0.4, 0.5) is 0 Å². The first-order chi connectivity index (χ1) is 7.11. The second-order valence-corrected chi connectivity index (χ2v) is 4.90. The highest BCUT2D eigenvalue weighted by Crippen LogP contribution is 2.37. The van der Waals surface area contributed by atoms with E-state index in [1.807, 2.05) is 0 Å². The Morgan fingerprint density at radius 3 is 2.80 bits per heavy atom. The molecule has 0 saturated carbocycles. The Bertz CT molecular complexity index is 399. The molecule has 1 aromatic rings. The van der Waals surface area contributed by atoms with E-state index < -0.39 is 0 Å². The van der Waals surface area contributed by atoms with Crippen LogP contribution in [0.15, 0.2) is 18.7 Å². The highest BCUT2D eigenvalue weighted by molar-refractivity contribution is 5.67. The van der Waals surface area contributed by atoms with Gasteiger partial charge in [0.1, 0.15) is 0 Å². The molecule has 0 bridgehead atoms. The first kappa shape index (κ1) is 10.5. The predicted octanol–water partition coefficient (Wildman–Crippen LogP) is 4.47. The van der Waals surface area contributed by atoms with Gasteiger partial charge in [-0.05, 0) is 61.3 Å². The summed E-state index contributed by atoms with van der Waals surface area (Å²) in [5, 5.41) is 0. The molecule has 15 heavy (non-hydrogen) atoms. The number of aryl methyl sites for hydroxylation is 1. The van der Waals surface area contributed by atoms with Gasteiger partial charge in [0, 0.05) is 0 Å². The smallest absolute Gasteiger partial charge is 0.0181 e. The number of hydrogen-bond acceptors (Lipinski definition) is 0. The summed E-state index contributed by atoms with van der Waals surface area (Å²) in [6.07, 6.45) is 3.93. The molecule has 1 atom stereocenters. The maximum absolute atomic E-state index is 4.10. The van der Waals surface area contributed by atoms with Gasteiger partial charge in [0.2, 0.25) is 0 Å². The number of fused-ring (bicyclic) bond motifs is 1. The van der Waals surface area contributed by atoms with Gasteiger partial charge >= 0.3 is 0 Å².